The highest BCUT2D eigenvalue weighted by atomic mass is 127. The Labute approximate surface area is 193 Å². The Kier molecular flexibility index (Phi) is 12.8. The molecule has 0 saturated heterocycles. The number of aliphatic imine (C=N–C) groups is 1. The topological polar surface area (TPSA) is 64.1 Å². The van der Waals surface area contributed by atoms with Crippen molar-refractivity contribution >= 4 is 35.6 Å². The monoisotopic (exact) mass is 535 g/mol. The Balaban J connectivity index is 0.00000450. The van der Waals surface area contributed by atoms with Crippen molar-refractivity contribution in [1.29, 1.82) is 0 Å². The molecule has 0 bridgehead atoms. The average molecular weight is 535 g/mol. The van der Waals surface area contributed by atoms with Crippen LogP contribution < -0.4 is 20.1 Å². The fourth-order valence-electron chi connectivity index (χ4n) is 2.46. The lowest BCUT2D eigenvalue weighted by Gasteiger charge is -2.14. The molecule has 0 radical (unpaired) electrons. The molecule has 2 aromatic carbocycles. The predicted octanol–water partition coefficient (Wildman–Crippen LogP) is 4.55. The number of guanidine groups is 1. The third-order valence-electron chi connectivity index (χ3n) is 3.82. The summed E-state index contributed by atoms with van der Waals surface area (Å²) >= 11 is 0. The normalized spacial score (nSPS) is 11.0. The van der Waals surface area contributed by atoms with Gasteiger partial charge in [0.05, 0.1) is 6.61 Å². The van der Waals surface area contributed by atoms with Gasteiger partial charge in [-0.15, -0.1) is 24.0 Å². The predicted molar refractivity (Wildman–Crippen MR) is 126 cm³/mol. The average Bonchev–Trinajstić information content (AvgIpc) is 2.73. The summed E-state index contributed by atoms with van der Waals surface area (Å²) in [6.45, 7) is 1.07. The Bertz CT molecular complexity index is 779. The number of methoxy groups -OCH3 is 1. The maximum absolute atomic E-state index is 12.3. The Morgan fingerprint density at radius 2 is 1.77 bits per heavy atom. The molecule has 0 aliphatic carbocycles. The van der Waals surface area contributed by atoms with Crippen LogP contribution in [0.5, 0.6) is 11.5 Å². The number of hydrogen-bond donors (Lipinski definition) is 2. The van der Waals surface area contributed by atoms with Gasteiger partial charge < -0.3 is 24.8 Å². The van der Waals surface area contributed by atoms with E-state index in [1.807, 2.05) is 30.3 Å². The van der Waals surface area contributed by atoms with Gasteiger partial charge in [-0.05, 0) is 29.8 Å². The molecule has 0 atom stereocenters. The van der Waals surface area contributed by atoms with Crippen LogP contribution in [-0.2, 0) is 11.3 Å². The van der Waals surface area contributed by atoms with Crippen LogP contribution in [0.1, 0.15) is 12.0 Å². The first-order valence-corrected chi connectivity index (χ1v) is 9.30. The van der Waals surface area contributed by atoms with Crippen LogP contribution in [0.15, 0.2) is 53.5 Å². The van der Waals surface area contributed by atoms with E-state index in [0.717, 1.165) is 23.4 Å². The van der Waals surface area contributed by atoms with E-state index < -0.39 is 13.0 Å². The molecule has 0 spiro atoms. The number of halogens is 3. The van der Waals surface area contributed by atoms with Gasteiger partial charge in [-0.25, -0.2) is 8.78 Å². The molecular formula is C21H28F2IN3O3. The van der Waals surface area contributed by atoms with E-state index in [-0.39, 0.29) is 24.0 Å². The fourth-order valence-corrected chi connectivity index (χ4v) is 2.46. The summed E-state index contributed by atoms with van der Waals surface area (Å²) < 4.78 is 40.3. The zero-order valence-corrected chi connectivity index (χ0v) is 19.4. The maximum atomic E-state index is 12.3. The van der Waals surface area contributed by atoms with Gasteiger partial charge in [0.25, 0.3) is 6.43 Å². The van der Waals surface area contributed by atoms with E-state index >= 15 is 0 Å². The number of ether oxygens (including phenoxy) is 3. The standard InChI is InChI=1S/C21H27F2N3O3.HI/c1-24-21(25-14-16-6-3-8-18(12-16)29-15-20(22)23)26-17-7-4-9-19(13-17)28-11-5-10-27-2;/h3-4,6-9,12-13,20H,5,10-11,14-15H2,1-2H3,(H2,24,25,26);1H. The fraction of sp³-hybridized carbons (Fsp3) is 0.381. The molecule has 6 nitrogen and oxygen atoms in total. The van der Waals surface area contributed by atoms with Crippen LogP contribution in [0.4, 0.5) is 14.5 Å². The summed E-state index contributed by atoms with van der Waals surface area (Å²) in [5.41, 5.74) is 1.71. The Morgan fingerprint density at radius 1 is 1.03 bits per heavy atom. The van der Waals surface area contributed by atoms with Crippen LogP contribution in [0.25, 0.3) is 0 Å². The molecule has 0 aliphatic rings. The largest absolute Gasteiger partial charge is 0.493 e. The molecule has 0 heterocycles. The van der Waals surface area contributed by atoms with Crippen molar-refractivity contribution in [2.24, 2.45) is 4.99 Å². The summed E-state index contributed by atoms with van der Waals surface area (Å²) in [6, 6.07) is 14.6. The van der Waals surface area contributed by atoms with Crippen LogP contribution in [0, 0.1) is 0 Å². The van der Waals surface area contributed by atoms with Gasteiger partial charge >= 0.3 is 0 Å². The molecule has 0 fully saturated rings. The summed E-state index contributed by atoms with van der Waals surface area (Å²) in [5, 5.41) is 6.38. The van der Waals surface area contributed by atoms with Crippen molar-refractivity contribution < 1.29 is 23.0 Å². The van der Waals surface area contributed by atoms with Crippen molar-refractivity contribution in [3.05, 3.63) is 54.1 Å². The first-order chi connectivity index (χ1) is 14.1. The van der Waals surface area contributed by atoms with E-state index in [2.05, 4.69) is 15.6 Å². The van der Waals surface area contributed by atoms with Gasteiger partial charge in [-0.3, -0.25) is 4.99 Å². The molecule has 0 unspecified atom stereocenters. The van der Waals surface area contributed by atoms with Gasteiger partial charge in [0.1, 0.15) is 18.1 Å². The third kappa shape index (κ3) is 10.1. The van der Waals surface area contributed by atoms with E-state index in [4.69, 9.17) is 14.2 Å². The van der Waals surface area contributed by atoms with Crippen molar-refractivity contribution in [3.8, 4) is 11.5 Å². The second-order valence-electron chi connectivity index (χ2n) is 6.12. The van der Waals surface area contributed by atoms with Crippen LogP contribution in [-0.4, -0.2) is 46.4 Å². The second kappa shape index (κ2) is 14.8. The zero-order chi connectivity index (χ0) is 20.9. The van der Waals surface area contributed by atoms with Crippen LogP contribution in [0.2, 0.25) is 0 Å². The maximum Gasteiger partial charge on any atom is 0.272 e. The number of nitrogens with zero attached hydrogens (tertiary/aromatic N) is 1. The first kappa shape index (κ1) is 25.9. The molecule has 0 aromatic heterocycles. The molecule has 2 aromatic rings. The van der Waals surface area contributed by atoms with Gasteiger partial charge in [-0.2, -0.15) is 0 Å². The molecule has 9 heteroatoms. The van der Waals surface area contributed by atoms with Gasteiger partial charge in [0.15, 0.2) is 5.96 Å². The van der Waals surface area contributed by atoms with E-state index in [0.29, 0.717) is 31.5 Å². The molecule has 166 valence electrons. The van der Waals surface area contributed by atoms with Gasteiger partial charge in [-0.1, -0.05) is 18.2 Å². The van der Waals surface area contributed by atoms with Gasteiger partial charge in [0.2, 0.25) is 0 Å². The first-order valence-electron chi connectivity index (χ1n) is 9.30. The van der Waals surface area contributed by atoms with Gasteiger partial charge in [0, 0.05) is 45.5 Å². The number of hydrogen-bond acceptors (Lipinski definition) is 4. The Morgan fingerprint density at radius 3 is 2.47 bits per heavy atom. The molecule has 2 N–H and O–H groups in total. The minimum absolute atomic E-state index is 0. The molecule has 0 aliphatic heterocycles. The van der Waals surface area contributed by atoms with E-state index in [9.17, 15) is 8.78 Å². The lowest BCUT2D eigenvalue weighted by molar-refractivity contribution is 0.0818. The summed E-state index contributed by atoms with van der Waals surface area (Å²) in [7, 11) is 3.33. The lowest BCUT2D eigenvalue weighted by Crippen LogP contribution is -2.30. The number of anilines is 1. The second-order valence-corrected chi connectivity index (χ2v) is 6.12. The smallest absolute Gasteiger partial charge is 0.272 e. The van der Waals surface area contributed by atoms with Crippen molar-refractivity contribution in [1.82, 2.24) is 5.32 Å². The van der Waals surface area contributed by atoms with E-state index in [1.165, 1.54) is 0 Å². The van der Waals surface area contributed by atoms with Crippen LogP contribution >= 0.6 is 24.0 Å². The lowest BCUT2D eigenvalue weighted by atomic mass is 10.2. The molecule has 0 amide bonds. The SMILES string of the molecule is CN=C(NCc1cccc(OCC(F)F)c1)Nc1cccc(OCCCOC)c1.I. The third-order valence-corrected chi connectivity index (χ3v) is 3.82. The van der Waals surface area contributed by atoms with E-state index in [1.54, 1.807) is 32.4 Å². The molecule has 2 rings (SSSR count). The molecular weight excluding hydrogens is 507 g/mol. The van der Waals surface area contributed by atoms with Crippen molar-refractivity contribution in [2.75, 3.05) is 39.3 Å². The Hall–Kier alpha value is -2.14. The number of alkyl halides is 2. The highest BCUT2D eigenvalue weighted by Crippen LogP contribution is 2.18. The number of benzene rings is 2. The number of nitrogens with one attached hydrogen (secondary N) is 2. The highest BCUT2D eigenvalue weighted by Gasteiger charge is 2.05. The zero-order valence-electron chi connectivity index (χ0n) is 17.1. The number of rotatable bonds is 11. The highest BCUT2D eigenvalue weighted by molar-refractivity contribution is 14.0. The quantitative estimate of drug-likeness (QED) is 0.191. The summed E-state index contributed by atoms with van der Waals surface area (Å²) in [6.07, 6.45) is -1.68. The van der Waals surface area contributed by atoms with Crippen LogP contribution in [0.3, 0.4) is 0 Å². The molecule has 30 heavy (non-hydrogen) atoms. The van der Waals surface area contributed by atoms with Crippen molar-refractivity contribution in [2.45, 2.75) is 19.4 Å². The minimum atomic E-state index is -2.50. The van der Waals surface area contributed by atoms with Crippen molar-refractivity contribution in [3.63, 3.8) is 0 Å². The summed E-state index contributed by atoms with van der Waals surface area (Å²) in [5.74, 6) is 1.73. The molecule has 0 saturated carbocycles. The summed E-state index contributed by atoms with van der Waals surface area (Å²) in [4.78, 5) is 4.20. The minimum Gasteiger partial charge on any atom is -0.493 e.